The van der Waals surface area contributed by atoms with Crippen molar-refractivity contribution < 1.29 is 93.9 Å². The summed E-state index contributed by atoms with van der Waals surface area (Å²) in [5.74, 6) is 0. The molecule has 0 aromatic heterocycles. The van der Waals surface area contributed by atoms with Crippen molar-refractivity contribution in [2.75, 3.05) is 58.9 Å². The summed E-state index contributed by atoms with van der Waals surface area (Å²) in [7, 11) is 0. The summed E-state index contributed by atoms with van der Waals surface area (Å²) < 4.78 is 1.69. The Morgan fingerprint density at radius 1 is 0.433 bits per heavy atom. The Morgan fingerprint density at radius 2 is 0.650 bits per heavy atom. The van der Waals surface area contributed by atoms with Crippen LogP contribution in [0.4, 0.5) is 0 Å². The van der Waals surface area contributed by atoms with Crippen molar-refractivity contribution in [1.82, 2.24) is 0 Å². The minimum absolute atomic E-state index is 0. The highest BCUT2D eigenvalue weighted by Crippen LogP contribution is 2.62. The van der Waals surface area contributed by atoms with Crippen LogP contribution in [0.3, 0.4) is 0 Å². The van der Waals surface area contributed by atoms with Crippen LogP contribution in [0.5, 0.6) is 0 Å². The molecule has 3 saturated carbocycles. The van der Waals surface area contributed by atoms with Crippen LogP contribution < -0.4 is 50.9 Å². The second kappa shape index (κ2) is 16.5. The van der Waals surface area contributed by atoms with Gasteiger partial charge in [-0.1, -0.05) is 68.6 Å². The highest BCUT2D eigenvalue weighted by atomic mass is 79.9. The average molecular weight is 1250 g/mol. The van der Waals surface area contributed by atoms with Crippen LogP contribution in [0, 0.1) is 60.7 Å². The van der Waals surface area contributed by atoms with Gasteiger partial charge in [0.05, 0.1) is 38.9 Å². The molecular weight excluding hydrogens is 1190 g/mol. The molecule has 15 atom stereocenters. The third-order valence-electron chi connectivity index (χ3n) is 16.2. The van der Waals surface area contributed by atoms with E-state index in [0.29, 0.717) is 72.0 Å². The van der Waals surface area contributed by atoms with E-state index in [1.165, 1.54) is 0 Å². The van der Waals surface area contributed by atoms with Gasteiger partial charge in [-0.2, -0.15) is 0 Å². The third kappa shape index (κ3) is 6.69. The topological polar surface area (TPSA) is 259 Å². The fraction of sp³-hybridized carbons (Fsp3) is 1.00. The molecule has 342 valence electrons. The van der Waals surface area contributed by atoms with Gasteiger partial charge in [-0.05, 0) is 19.3 Å². The summed E-state index contributed by atoms with van der Waals surface area (Å²) in [6.07, 6.45) is 4.37. The minimum Gasteiger partial charge on any atom is -1.00 e. The van der Waals surface area contributed by atoms with Crippen LogP contribution in [0.2, 0.25) is 0 Å². The van der Waals surface area contributed by atoms with Crippen LogP contribution in [-0.4, -0.2) is 168 Å². The lowest BCUT2D eigenvalue weighted by Crippen LogP contribution is -3.00. The third-order valence-corrected chi connectivity index (χ3v) is 20.6. The van der Waals surface area contributed by atoms with E-state index < -0.39 is 33.2 Å². The fourth-order valence-electron chi connectivity index (χ4n) is 14.8. The van der Waals surface area contributed by atoms with Gasteiger partial charge in [-0.25, -0.2) is 0 Å². The van der Waals surface area contributed by atoms with Crippen LogP contribution in [-0.2, 0) is 0 Å². The predicted octanol–water partition coefficient (Wildman–Crippen LogP) is -5.40. The van der Waals surface area contributed by atoms with Crippen LogP contribution >= 0.6 is 47.8 Å². The maximum absolute atomic E-state index is 11.6. The minimum atomic E-state index is -1.15. The molecule has 9 saturated heterocycles. The number of hydrogen-bond donors (Lipinski definition) is 0. The number of nitro groups is 6. The van der Waals surface area contributed by atoms with Crippen molar-refractivity contribution in [2.45, 2.75) is 144 Å². The SMILES string of the molecule is CCC[N+]12CC3([N+](=O)[O-])CC1C(Br)C([N+](=O)[O-])(C3)C2.CCC[N+]12CC3([N+](=O)[O-])CC1C(Br)C([N+](=O)[O-])(C3)C2.CCC[N+]12CC3([N+](=O)[O-])CC1C(Br)C([N+](=O)[O-])(C3)C2.[Br-].[Br-].[Br-]. The molecule has 0 spiro atoms. The van der Waals surface area contributed by atoms with Gasteiger partial charge in [-0.3, -0.25) is 60.7 Å². The first kappa shape index (κ1) is 51.8. The van der Waals surface area contributed by atoms with Crippen molar-refractivity contribution in [3.8, 4) is 0 Å². The maximum atomic E-state index is 11.6. The van der Waals surface area contributed by atoms with Gasteiger partial charge in [0.25, 0.3) is 33.2 Å². The van der Waals surface area contributed by atoms with E-state index >= 15 is 0 Å². The van der Waals surface area contributed by atoms with E-state index in [9.17, 15) is 60.7 Å². The van der Waals surface area contributed by atoms with E-state index in [-0.39, 0.29) is 132 Å². The number of quaternary nitrogens is 3. The molecule has 0 radical (unpaired) electrons. The summed E-state index contributed by atoms with van der Waals surface area (Å²) >= 11 is 10.5. The molecule has 3 aliphatic carbocycles. The lowest BCUT2D eigenvalue weighted by atomic mass is 9.73. The van der Waals surface area contributed by atoms with Crippen molar-refractivity contribution in [3.63, 3.8) is 0 Å². The molecule has 0 amide bonds. The second-order valence-electron chi connectivity index (χ2n) is 19.4. The molecule has 12 rings (SSSR count). The second-order valence-corrected chi connectivity index (χ2v) is 22.3. The zero-order valence-electron chi connectivity index (χ0n) is 33.4. The number of hydrogen-bond acceptors (Lipinski definition) is 12. The number of piperidine rings is 3. The van der Waals surface area contributed by atoms with Gasteiger partial charge in [0.1, 0.15) is 51.9 Å². The smallest absolute Gasteiger partial charge is 0.294 e. The molecule has 12 fully saturated rings. The van der Waals surface area contributed by atoms with E-state index in [1.807, 2.05) is 20.8 Å². The Kier molecular flexibility index (Phi) is 14.3. The summed E-state index contributed by atoms with van der Waals surface area (Å²) in [4.78, 5) is 66.9. The molecule has 9 aliphatic heterocycles. The number of rotatable bonds is 12. The number of alkyl halides is 3. The zero-order chi connectivity index (χ0) is 42.2. The van der Waals surface area contributed by atoms with Crippen molar-refractivity contribution in [2.24, 2.45) is 0 Å². The lowest BCUT2D eigenvalue weighted by molar-refractivity contribution is -0.945. The highest BCUT2D eigenvalue weighted by Gasteiger charge is 2.87. The monoisotopic (exact) mass is 1240 g/mol. The Labute approximate surface area is 402 Å². The molecule has 27 heteroatoms. The van der Waals surface area contributed by atoms with Crippen molar-refractivity contribution >= 4 is 47.8 Å². The van der Waals surface area contributed by atoms with Gasteiger partial charge >= 0.3 is 0 Å². The number of nitrogens with zero attached hydrogens (tertiary/aromatic N) is 9. The van der Waals surface area contributed by atoms with Crippen LogP contribution in [0.25, 0.3) is 0 Å². The molecule has 12 aliphatic rings. The molecule has 21 nitrogen and oxygen atoms in total. The Balaban J connectivity index is 0.000000194. The molecule has 0 aromatic carbocycles. The fourth-order valence-corrected chi connectivity index (χ4v) is 18.3. The van der Waals surface area contributed by atoms with E-state index in [2.05, 4.69) is 47.8 Å². The summed E-state index contributed by atoms with van der Waals surface area (Å²) in [6, 6.07) is 0.0542. The summed E-state index contributed by atoms with van der Waals surface area (Å²) in [5, 5.41) is 69.1. The van der Waals surface area contributed by atoms with E-state index in [0.717, 1.165) is 38.9 Å². The average Bonchev–Trinajstić information content (AvgIpc) is 3.77. The largest absolute Gasteiger partial charge is 1.00 e. The summed E-state index contributed by atoms with van der Waals surface area (Å²) in [6.45, 7) is 11.3. The molecule has 12 bridgehead atoms. The molecule has 0 N–H and O–H groups in total. The van der Waals surface area contributed by atoms with Crippen LogP contribution in [0.15, 0.2) is 0 Å². The van der Waals surface area contributed by atoms with Crippen LogP contribution in [0.1, 0.15) is 78.6 Å². The van der Waals surface area contributed by atoms with Gasteiger partial charge in [0.2, 0.25) is 0 Å². The Morgan fingerprint density at radius 3 is 0.817 bits per heavy atom. The van der Waals surface area contributed by atoms with E-state index in [1.54, 1.807) is 0 Å². The molecular formula is C33H51Br6N9O12. The Bertz CT molecular complexity index is 1640. The van der Waals surface area contributed by atoms with E-state index in [4.69, 9.17) is 0 Å². The Hall–Kier alpha value is -0.840. The van der Waals surface area contributed by atoms with Gasteiger partial charge in [0.15, 0.2) is 39.3 Å². The summed E-state index contributed by atoms with van der Waals surface area (Å²) in [5.41, 5.74) is -6.67. The lowest BCUT2D eigenvalue weighted by Gasteiger charge is -2.38. The first-order valence-corrected chi connectivity index (χ1v) is 22.6. The van der Waals surface area contributed by atoms with Gasteiger partial charge in [-0.15, -0.1) is 0 Å². The first-order valence-electron chi connectivity index (χ1n) is 19.8. The van der Waals surface area contributed by atoms with Crippen molar-refractivity contribution in [1.29, 1.82) is 0 Å². The molecule has 0 aromatic rings. The molecule has 60 heavy (non-hydrogen) atoms. The zero-order valence-corrected chi connectivity index (χ0v) is 42.9. The van der Waals surface area contributed by atoms with Crippen molar-refractivity contribution in [3.05, 3.63) is 60.7 Å². The maximum Gasteiger partial charge on any atom is 0.294 e. The quantitative estimate of drug-likeness (QED) is 0.0769. The molecule has 9 heterocycles. The molecule has 15 unspecified atom stereocenters. The predicted molar refractivity (Wildman–Crippen MR) is 211 cm³/mol. The van der Waals surface area contributed by atoms with Gasteiger partial charge < -0.3 is 64.4 Å². The standard InChI is InChI=1S/3C11H17BrN3O4.3BrH/c3*1-2-3-15-6-10(13(16)17)4-8(15)9(12)11(5-10,7-15)14(18)19;;;/h3*8-9H,2-7H2,1H3;3*1H/q3*+1;;;/p-3. The normalized spacial score (nSPS) is 48.1. The van der Waals surface area contributed by atoms with Gasteiger partial charge in [0, 0.05) is 29.5 Å². The highest BCUT2D eigenvalue weighted by molar-refractivity contribution is 9.10. The number of halogens is 6. The first-order chi connectivity index (χ1) is 26.5.